The van der Waals surface area contributed by atoms with Crippen molar-refractivity contribution in [3.8, 4) is 0 Å². The van der Waals surface area contributed by atoms with Crippen molar-refractivity contribution in [1.82, 2.24) is 5.01 Å². The molecule has 0 aromatic heterocycles. The van der Waals surface area contributed by atoms with Gasteiger partial charge in [0.05, 0.1) is 17.3 Å². The first-order valence-electron chi connectivity index (χ1n) is 8.52. The number of hydrazone groups is 1. The minimum atomic E-state index is -0.372. The molecule has 0 unspecified atom stereocenters. The van der Waals surface area contributed by atoms with Crippen molar-refractivity contribution in [1.29, 1.82) is 0 Å². The van der Waals surface area contributed by atoms with Gasteiger partial charge in [0.15, 0.2) is 0 Å². The van der Waals surface area contributed by atoms with Crippen LogP contribution in [-0.2, 0) is 0 Å². The van der Waals surface area contributed by atoms with E-state index in [2.05, 4.69) is 22.1 Å². The molecule has 25 heavy (non-hydrogen) atoms. The molecule has 0 saturated carbocycles. The van der Waals surface area contributed by atoms with Crippen molar-refractivity contribution in [2.45, 2.75) is 19.8 Å². The molecule has 0 spiro atoms. The third kappa shape index (κ3) is 2.71. The molecule has 2 aliphatic rings. The number of carbonyl (C=O) groups excluding carboxylic acids is 2. The van der Waals surface area contributed by atoms with Gasteiger partial charge in [-0.1, -0.05) is 18.2 Å². The lowest BCUT2D eigenvalue weighted by molar-refractivity contribution is 0.0660. The van der Waals surface area contributed by atoms with E-state index in [1.807, 2.05) is 13.0 Å². The second kappa shape index (κ2) is 6.16. The highest BCUT2D eigenvalue weighted by Crippen LogP contribution is 2.24. The lowest BCUT2D eigenvalue weighted by Crippen LogP contribution is -2.24. The van der Waals surface area contributed by atoms with Gasteiger partial charge in [-0.3, -0.25) is 9.59 Å². The molecular formula is C20H19N3O2. The molecule has 2 aromatic carbocycles. The molecule has 2 aliphatic heterocycles. The zero-order chi connectivity index (χ0) is 17.4. The first kappa shape index (κ1) is 15.6. The Morgan fingerprint density at radius 3 is 2.20 bits per heavy atom. The topological polar surface area (TPSA) is 53.0 Å². The number of imide groups is 1. The second-order valence-electron chi connectivity index (χ2n) is 6.45. The zero-order valence-corrected chi connectivity index (χ0v) is 14.1. The molecule has 5 heteroatoms. The maximum Gasteiger partial charge on any atom is 0.282 e. The van der Waals surface area contributed by atoms with Crippen LogP contribution < -0.4 is 4.90 Å². The van der Waals surface area contributed by atoms with Crippen LogP contribution in [0.3, 0.4) is 0 Å². The van der Waals surface area contributed by atoms with Gasteiger partial charge < -0.3 is 4.90 Å². The van der Waals surface area contributed by atoms with E-state index in [1.165, 1.54) is 18.5 Å². The molecule has 0 bridgehead atoms. The van der Waals surface area contributed by atoms with Gasteiger partial charge in [0, 0.05) is 18.8 Å². The number of fused-ring (bicyclic) bond motifs is 1. The zero-order valence-electron chi connectivity index (χ0n) is 14.1. The Hall–Kier alpha value is -2.95. The number of nitrogens with zero attached hydrogens (tertiary/aromatic N) is 3. The van der Waals surface area contributed by atoms with E-state index in [-0.39, 0.29) is 11.8 Å². The van der Waals surface area contributed by atoms with Crippen molar-refractivity contribution in [2.75, 3.05) is 18.0 Å². The van der Waals surface area contributed by atoms with Crippen LogP contribution in [0.1, 0.15) is 44.7 Å². The van der Waals surface area contributed by atoms with Gasteiger partial charge in [-0.2, -0.15) is 10.1 Å². The number of hydrogen-bond acceptors (Lipinski definition) is 4. The summed E-state index contributed by atoms with van der Waals surface area (Å²) < 4.78 is 0. The molecule has 126 valence electrons. The molecule has 5 nitrogen and oxygen atoms in total. The summed E-state index contributed by atoms with van der Waals surface area (Å²) in [6.07, 6.45) is 4.06. The highest BCUT2D eigenvalue weighted by atomic mass is 16.2. The SMILES string of the molecule is Cc1cc(N2CCCC2)ccc1/C=N\N1C(=O)c2ccccc2C1=O. The lowest BCUT2D eigenvalue weighted by Gasteiger charge is -2.18. The van der Waals surface area contributed by atoms with Crippen molar-refractivity contribution in [3.63, 3.8) is 0 Å². The summed E-state index contributed by atoms with van der Waals surface area (Å²) in [5.41, 5.74) is 4.01. The third-order valence-corrected chi connectivity index (χ3v) is 4.81. The molecule has 4 rings (SSSR count). The van der Waals surface area contributed by atoms with E-state index in [1.54, 1.807) is 30.5 Å². The highest BCUT2D eigenvalue weighted by Gasteiger charge is 2.35. The van der Waals surface area contributed by atoms with Gasteiger partial charge in [-0.05, 0) is 55.2 Å². The summed E-state index contributed by atoms with van der Waals surface area (Å²) in [5.74, 6) is -0.744. The third-order valence-electron chi connectivity index (χ3n) is 4.81. The minimum Gasteiger partial charge on any atom is -0.372 e. The first-order valence-corrected chi connectivity index (χ1v) is 8.52. The summed E-state index contributed by atoms with van der Waals surface area (Å²) in [7, 11) is 0. The van der Waals surface area contributed by atoms with E-state index in [0.29, 0.717) is 11.1 Å². The number of hydrogen-bond donors (Lipinski definition) is 0. The van der Waals surface area contributed by atoms with Crippen LogP contribution >= 0.6 is 0 Å². The van der Waals surface area contributed by atoms with Gasteiger partial charge in [0.1, 0.15) is 0 Å². The quantitative estimate of drug-likeness (QED) is 0.640. The van der Waals surface area contributed by atoms with E-state index in [0.717, 1.165) is 29.2 Å². The Morgan fingerprint density at radius 1 is 0.960 bits per heavy atom. The molecular weight excluding hydrogens is 314 g/mol. The summed E-state index contributed by atoms with van der Waals surface area (Å²) in [6.45, 7) is 4.22. The van der Waals surface area contributed by atoms with E-state index < -0.39 is 0 Å². The molecule has 0 radical (unpaired) electrons. The average Bonchev–Trinajstić information content (AvgIpc) is 3.24. The molecule has 0 atom stereocenters. The van der Waals surface area contributed by atoms with Gasteiger partial charge >= 0.3 is 0 Å². The Balaban J connectivity index is 1.56. The standard InChI is InChI=1S/C20H19N3O2/c1-14-12-16(22-10-4-5-11-22)9-8-15(14)13-21-23-19(24)17-6-2-3-7-18(17)20(23)25/h2-3,6-9,12-13H,4-5,10-11H2,1H3/b21-13-. The molecule has 0 aliphatic carbocycles. The Labute approximate surface area is 146 Å². The molecule has 0 N–H and O–H groups in total. The van der Waals surface area contributed by atoms with Crippen LogP contribution in [0.2, 0.25) is 0 Å². The maximum atomic E-state index is 12.3. The lowest BCUT2D eigenvalue weighted by atomic mass is 10.1. The van der Waals surface area contributed by atoms with Gasteiger partial charge in [0.25, 0.3) is 11.8 Å². The maximum absolute atomic E-state index is 12.3. The summed E-state index contributed by atoms with van der Waals surface area (Å²) >= 11 is 0. The van der Waals surface area contributed by atoms with E-state index in [9.17, 15) is 9.59 Å². The molecule has 2 heterocycles. The normalized spacial score (nSPS) is 17.0. The molecule has 2 amide bonds. The molecule has 1 saturated heterocycles. The van der Waals surface area contributed by atoms with Gasteiger partial charge in [0.2, 0.25) is 0 Å². The van der Waals surface area contributed by atoms with E-state index in [4.69, 9.17) is 0 Å². The van der Waals surface area contributed by atoms with Crippen molar-refractivity contribution < 1.29 is 9.59 Å². The Bertz CT molecular complexity index is 847. The highest BCUT2D eigenvalue weighted by molar-refractivity contribution is 6.21. The van der Waals surface area contributed by atoms with Crippen LogP contribution in [0.4, 0.5) is 5.69 Å². The smallest absolute Gasteiger partial charge is 0.282 e. The van der Waals surface area contributed by atoms with Crippen molar-refractivity contribution in [2.24, 2.45) is 5.10 Å². The van der Waals surface area contributed by atoms with Crippen molar-refractivity contribution >= 4 is 23.7 Å². The largest absolute Gasteiger partial charge is 0.372 e. The number of rotatable bonds is 3. The van der Waals surface area contributed by atoms with Crippen LogP contribution in [0, 0.1) is 6.92 Å². The predicted molar refractivity (Wildman–Crippen MR) is 97.2 cm³/mol. The average molecular weight is 333 g/mol. The minimum absolute atomic E-state index is 0.372. The summed E-state index contributed by atoms with van der Waals surface area (Å²) in [6, 6.07) is 13.0. The van der Waals surface area contributed by atoms with Crippen LogP contribution in [-0.4, -0.2) is 36.1 Å². The number of aryl methyl sites for hydroxylation is 1. The van der Waals surface area contributed by atoms with Crippen LogP contribution in [0.5, 0.6) is 0 Å². The van der Waals surface area contributed by atoms with Crippen LogP contribution in [0.25, 0.3) is 0 Å². The summed E-state index contributed by atoms with van der Waals surface area (Å²) in [4.78, 5) is 27.0. The fourth-order valence-corrected chi connectivity index (χ4v) is 3.38. The fourth-order valence-electron chi connectivity index (χ4n) is 3.38. The molecule has 2 aromatic rings. The summed E-state index contributed by atoms with van der Waals surface area (Å²) in [5, 5.41) is 5.10. The number of carbonyl (C=O) groups is 2. The number of anilines is 1. The second-order valence-corrected chi connectivity index (χ2v) is 6.45. The first-order chi connectivity index (χ1) is 12.1. The number of amides is 2. The van der Waals surface area contributed by atoms with Gasteiger partial charge in [-0.15, -0.1) is 0 Å². The van der Waals surface area contributed by atoms with Gasteiger partial charge in [-0.25, -0.2) is 0 Å². The predicted octanol–water partition coefficient (Wildman–Crippen LogP) is 3.23. The number of benzene rings is 2. The Kier molecular flexibility index (Phi) is 3.84. The Morgan fingerprint density at radius 2 is 1.60 bits per heavy atom. The fraction of sp³-hybridized carbons (Fsp3) is 0.250. The monoisotopic (exact) mass is 333 g/mol. The molecule has 1 fully saturated rings. The van der Waals surface area contributed by atoms with E-state index >= 15 is 0 Å². The van der Waals surface area contributed by atoms with Crippen LogP contribution in [0.15, 0.2) is 47.6 Å². The van der Waals surface area contributed by atoms with Crippen molar-refractivity contribution in [3.05, 3.63) is 64.7 Å².